The van der Waals surface area contributed by atoms with Crippen molar-refractivity contribution in [2.75, 3.05) is 20.2 Å². The van der Waals surface area contributed by atoms with Gasteiger partial charge in [-0.1, -0.05) is 39.5 Å². The third kappa shape index (κ3) is 5.68. The summed E-state index contributed by atoms with van der Waals surface area (Å²) < 4.78 is 16.6. The monoisotopic (exact) mass is 266 g/mol. The van der Waals surface area contributed by atoms with Gasteiger partial charge >= 0.3 is 8.80 Å². The molecule has 0 spiro atoms. The molecule has 0 N–H and O–H groups in total. The lowest BCUT2D eigenvalue weighted by atomic mass is 10.0. The van der Waals surface area contributed by atoms with E-state index in [4.69, 9.17) is 13.3 Å². The van der Waals surface area contributed by atoms with Crippen LogP contribution in [0.1, 0.15) is 39.5 Å². The normalized spacial score (nSPS) is 14.1. The van der Waals surface area contributed by atoms with E-state index >= 15 is 0 Å². The molecule has 0 radical (unpaired) electrons. The number of hydrogen-bond donors (Lipinski definition) is 1. The molecule has 0 heterocycles. The summed E-state index contributed by atoms with van der Waals surface area (Å²) in [5, 5.41) is 0. The van der Waals surface area contributed by atoms with Gasteiger partial charge in [-0.05, 0) is 5.92 Å². The fourth-order valence-corrected chi connectivity index (χ4v) is 4.66. The van der Waals surface area contributed by atoms with Crippen LogP contribution >= 0.6 is 12.6 Å². The molecule has 0 aliphatic heterocycles. The average molecular weight is 266 g/mol. The first-order valence-electron chi connectivity index (χ1n) is 6.03. The standard InChI is InChI=1S/C11H26O3SSi/c1-5-7-8-11(6-2)9-16(12-3,13-4)14-10-15/h11,15H,5-10H2,1-4H3. The number of rotatable bonds is 10. The Morgan fingerprint density at radius 3 is 2.19 bits per heavy atom. The molecular weight excluding hydrogens is 240 g/mol. The maximum absolute atomic E-state index is 5.60. The maximum atomic E-state index is 5.60. The highest BCUT2D eigenvalue weighted by molar-refractivity contribution is 7.80. The van der Waals surface area contributed by atoms with Gasteiger partial charge in [-0.15, -0.1) is 0 Å². The van der Waals surface area contributed by atoms with Crippen molar-refractivity contribution in [3.8, 4) is 0 Å². The minimum absolute atomic E-state index is 0.359. The largest absolute Gasteiger partial charge is 0.501 e. The van der Waals surface area contributed by atoms with E-state index in [9.17, 15) is 0 Å². The summed E-state index contributed by atoms with van der Waals surface area (Å²) in [5.74, 6) is 0.990. The quantitative estimate of drug-likeness (QED) is 0.373. The molecule has 0 aliphatic rings. The van der Waals surface area contributed by atoms with E-state index in [1.54, 1.807) is 14.2 Å². The van der Waals surface area contributed by atoms with Crippen LogP contribution in [-0.4, -0.2) is 29.0 Å². The van der Waals surface area contributed by atoms with Crippen molar-refractivity contribution in [3.63, 3.8) is 0 Å². The number of thiol groups is 1. The van der Waals surface area contributed by atoms with Crippen LogP contribution in [0.5, 0.6) is 0 Å². The van der Waals surface area contributed by atoms with Crippen LogP contribution in [0.2, 0.25) is 6.04 Å². The fraction of sp³-hybridized carbons (Fsp3) is 1.00. The topological polar surface area (TPSA) is 27.7 Å². The average Bonchev–Trinajstić information content (AvgIpc) is 2.33. The van der Waals surface area contributed by atoms with E-state index in [1.165, 1.54) is 19.3 Å². The Hall–Kier alpha value is 0.447. The smallest absolute Gasteiger partial charge is 0.377 e. The molecule has 0 saturated heterocycles. The number of hydrogen-bond acceptors (Lipinski definition) is 4. The summed E-state index contributed by atoms with van der Waals surface area (Å²) in [6.07, 6.45) is 4.87. The minimum Gasteiger partial charge on any atom is -0.377 e. The second-order valence-corrected chi connectivity index (χ2v) is 7.12. The van der Waals surface area contributed by atoms with Gasteiger partial charge in [0.1, 0.15) is 0 Å². The number of unbranched alkanes of at least 4 members (excludes halogenated alkanes) is 1. The van der Waals surface area contributed by atoms with E-state index in [0.29, 0.717) is 11.9 Å². The van der Waals surface area contributed by atoms with E-state index in [1.807, 2.05) is 0 Å². The van der Waals surface area contributed by atoms with Crippen LogP contribution in [0.4, 0.5) is 0 Å². The van der Waals surface area contributed by atoms with Crippen LogP contribution in [0.25, 0.3) is 0 Å². The summed E-state index contributed by atoms with van der Waals surface area (Å²) in [5.41, 5.74) is 0. The first kappa shape index (κ1) is 16.4. The Morgan fingerprint density at radius 2 is 1.81 bits per heavy atom. The summed E-state index contributed by atoms with van der Waals surface area (Å²) in [6, 6.07) is 0.900. The first-order chi connectivity index (χ1) is 7.67. The molecule has 0 amide bonds. The van der Waals surface area contributed by atoms with Crippen molar-refractivity contribution in [2.45, 2.75) is 45.6 Å². The van der Waals surface area contributed by atoms with Crippen molar-refractivity contribution < 1.29 is 13.3 Å². The third-order valence-corrected chi connectivity index (χ3v) is 6.27. The lowest BCUT2D eigenvalue weighted by Gasteiger charge is -2.29. The molecule has 1 unspecified atom stereocenters. The summed E-state index contributed by atoms with van der Waals surface area (Å²) in [6.45, 7) is 4.43. The van der Waals surface area contributed by atoms with Gasteiger partial charge in [0.15, 0.2) is 0 Å². The van der Waals surface area contributed by atoms with E-state index in [-0.39, 0.29) is 0 Å². The molecule has 5 heteroatoms. The van der Waals surface area contributed by atoms with Crippen LogP contribution in [0.3, 0.4) is 0 Å². The Morgan fingerprint density at radius 1 is 1.19 bits per heavy atom. The molecule has 16 heavy (non-hydrogen) atoms. The molecule has 0 aliphatic carbocycles. The van der Waals surface area contributed by atoms with Gasteiger partial charge in [-0.25, -0.2) is 0 Å². The molecular formula is C11H26O3SSi. The van der Waals surface area contributed by atoms with Gasteiger partial charge in [-0.3, -0.25) is 0 Å². The van der Waals surface area contributed by atoms with Gasteiger partial charge < -0.3 is 13.3 Å². The zero-order chi connectivity index (χ0) is 12.4. The summed E-state index contributed by atoms with van der Waals surface area (Å²) in [7, 11) is 0.891. The molecule has 98 valence electrons. The molecule has 0 aromatic heterocycles. The van der Waals surface area contributed by atoms with Crippen LogP contribution in [0, 0.1) is 5.92 Å². The van der Waals surface area contributed by atoms with E-state index < -0.39 is 8.80 Å². The van der Waals surface area contributed by atoms with Gasteiger partial charge in [0.2, 0.25) is 0 Å². The molecule has 1 atom stereocenters. The predicted molar refractivity (Wildman–Crippen MR) is 72.8 cm³/mol. The molecule has 3 nitrogen and oxygen atoms in total. The Kier molecular flexibility index (Phi) is 9.74. The fourth-order valence-electron chi connectivity index (χ4n) is 1.82. The summed E-state index contributed by atoms with van der Waals surface area (Å²) >= 11 is 4.10. The van der Waals surface area contributed by atoms with Gasteiger partial charge in [0.25, 0.3) is 0 Å². The molecule has 0 aromatic carbocycles. The van der Waals surface area contributed by atoms with Crippen molar-refractivity contribution >= 4 is 21.4 Å². The highest BCUT2D eigenvalue weighted by Gasteiger charge is 2.40. The third-order valence-electron chi connectivity index (χ3n) is 2.99. The second-order valence-electron chi connectivity index (χ2n) is 3.99. The van der Waals surface area contributed by atoms with Gasteiger partial charge in [-0.2, -0.15) is 12.6 Å². The van der Waals surface area contributed by atoms with E-state index in [0.717, 1.165) is 12.5 Å². The Balaban J connectivity index is 4.32. The van der Waals surface area contributed by atoms with Crippen molar-refractivity contribution in [1.29, 1.82) is 0 Å². The minimum atomic E-state index is -2.45. The predicted octanol–water partition coefficient (Wildman–Crippen LogP) is 3.34. The zero-order valence-electron chi connectivity index (χ0n) is 11.0. The van der Waals surface area contributed by atoms with Crippen molar-refractivity contribution in [1.82, 2.24) is 0 Å². The Labute approximate surface area is 107 Å². The van der Waals surface area contributed by atoms with Crippen LogP contribution in [0.15, 0.2) is 0 Å². The lowest BCUT2D eigenvalue weighted by molar-refractivity contribution is 0.111. The summed E-state index contributed by atoms with van der Waals surface area (Å²) in [4.78, 5) is 0. The molecule has 0 saturated carbocycles. The lowest BCUT2D eigenvalue weighted by Crippen LogP contribution is -2.45. The molecule has 0 rings (SSSR count). The molecule has 0 aromatic rings. The highest BCUT2D eigenvalue weighted by Crippen LogP contribution is 2.26. The van der Waals surface area contributed by atoms with Crippen molar-refractivity contribution in [2.24, 2.45) is 5.92 Å². The SMILES string of the molecule is CCCCC(CC)C[Si](OC)(OC)OCS. The van der Waals surface area contributed by atoms with Crippen molar-refractivity contribution in [3.05, 3.63) is 0 Å². The zero-order valence-corrected chi connectivity index (χ0v) is 12.9. The Bertz CT molecular complexity index is 165. The molecule has 0 fully saturated rings. The molecule has 0 bridgehead atoms. The van der Waals surface area contributed by atoms with Gasteiger partial charge in [0.05, 0.1) is 5.94 Å². The maximum Gasteiger partial charge on any atom is 0.501 e. The van der Waals surface area contributed by atoms with Gasteiger partial charge in [0, 0.05) is 20.3 Å². The second kappa shape index (κ2) is 9.47. The highest BCUT2D eigenvalue weighted by atomic mass is 32.1. The van der Waals surface area contributed by atoms with E-state index in [2.05, 4.69) is 26.5 Å². The van der Waals surface area contributed by atoms with Crippen LogP contribution in [-0.2, 0) is 13.3 Å². The van der Waals surface area contributed by atoms with Crippen LogP contribution < -0.4 is 0 Å². The first-order valence-corrected chi connectivity index (χ1v) is 8.59.